The molecule has 2 aliphatic rings. The van der Waals surface area contributed by atoms with Crippen LogP contribution in [-0.4, -0.2) is 46.3 Å². The van der Waals surface area contributed by atoms with Gasteiger partial charge in [0, 0.05) is 19.2 Å². The van der Waals surface area contributed by atoms with Gasteiger partial charge in [-0.05, 0) is 32.0 Å². The number of urea groups is 1. The van der Waals surface area contributed by atoms with E-state index in [9.17, 15) is 9.59 Å². The lowest BCUT2D eigenvalue weighted by molar-refractivity contribution is -0.120. The molecule has 0 atom stereocenters. The first-order valence-electron chi connectivity index (χ1n) is 7.88. The van der Waals surface area contributed by atoms with E-state index in [0.717, 1.165) is 36.8 Å². The number of carbonyl (C=O) groups is 2. The Balaban J connectivity index is 1.73. The molecule has 0 unspecified atom stereocenters. The number of piperidine rings is 1. The van der Waals surface area contributed by atoms with Crippen molar-refractivity contribution in [3.05, 3.63) is 18.5 Å². The van der Waals surface area contributed by atoms with Crippen LogP contribution < -0.4 is 15.5 Å². The van der Waals surface area contributed by atoms with Crippen LogP contribution in [0.5, 0.6) is 0 Å². The number of amides is 3. The molecule has 2 fully saturated rings. The smallest absolute Gasteiger partial charge is 0.317 e. The Bertz CT molecular complexity index is 764. The quantitative estimate of drug-likeness (QED) is 0.855. The summed E-state index contributed by atoms with van der Waals surface area (Å²) in [6.07, 6.45) is 5.82. The Morgan fingerprint density at radius 2 is 2.04 bits per heavy atom. The van der Waals surface area contributed by atoms with Crippen LogP contribution in [0.15, 0.2) is 18.5 Å². The zero-order valence-corrected chi connectivity index (χ0v) is 12.7. The number of hydrogen-bond acceptors (Lipinski definition) is 5. The Morgan fingerprint density at radius 1 is 1.22 bits per heavy atom. The average Bonchev–Trinajstić information content (AvgIpc) is 3.00. The van der Waals surface area contributed by atoms with E-state index in [1.165, 1.54) is 4.90 Å². The highest BCUT2D eigenvalue weighted by Gasteiger charge is 2.27. The second kappa shape index (κ2) is 5.62. The molecule has 0 spiro atoms. The normalized spacial score (nSPS) is 20.1. The standard InChI is InChI=1S/C15H18N6O2/c22-13-4-8-20(15(23)19-13)14-11-9-18-21(12(11)3-7-17-14)10-1-5-16-6-2-10/h3,7,9-10,16H,1-2,4-6,8H2,(H,19,22,23). The monoisotopic (exact) mass is 314 g/mol. The first-order chi connectivity index (χ1) is 11.2. The molecule has 0 saturated carbocycles. The van der Waals surface area contributed by atoms with Crippen molar-refractivity contribution in [3.63, 3.8) is 0 Å². The van der Waals surface area contributed by atoms with E-state index < -0.39 is 6.03 Å². The molecule has 8 nitrogen and oxygen atoms in total. The third kappa shape index (κ3) is 2.44. The number of pyridine rings is 1. The number of carbonyl (C=O) groups excluding carboxylic acids is 2. The van der Waals surface area contributed by atoms with Gasteiger partial charge in [0.25, 0.3) is 0 Å². The number of imide groups is 1. The van der Waals surface area contributed by atoms with Gasteiger partial charge in [0.05, 0.1) is 23.1 Å². The second-order valence-electron chi connectivity index (χ2n) is 5.89. The zero-order chi connectivity index (χ0) is 15.8. The van der Waals surface area contributed by atoms with Gasteiger partial charge < -0.3 is 5.32 Å². The molecule has 4 rings (SSSR count). The van der Waals surface area contributed by atoms with E-state index in [1.54, 1.807) is 12.4 Å². The summed E-state index contributed by atoms with van der Waals surface area (Å²) in [5.74, 6) is 0.316. The van der Waals surface area contributed by atoms with Crippen molar-refractivity contribution < 1.29 is 9.59 Å². The van der Waals surface area contributed by atoms with Gasteiger partial charge in [0.1, 0.15) is 5.82 Å². The highest BCUT2D eigenvalue weighted by molar-refractivity contribution is 6.08. The van der Waals surface area contributed by atoms with Crippen LogP contribution in [-0.2, 0) is 4.79 Å². The highest BCUT2D eigenvalue weighted by atomic mass is 16.2. The maximum absolute atomic E-state index is 12.1. The Kier molecular flexibility index (Phi) is 3.45. The SMILES string of the molecule is O=C1CCN(c2nccc3c2cnn3C2CCNCC2)C(=O)N1. The van der Waals surface area contributed by atoms with Crippen molar-refractivity contribution >= 4 is 28.7 Å². The molecule has 0 radical (unpaired) electrons. The van der Waals surface area contributed by atoms with Crippen LogP contribution in [0.4, 0.5) is 10.6 Å². The summed E-state index contributed by atoms with van der Waals surface area (Å²) in [6, 6.07) is 1.87. The molecular weight excluding hydrogens is 296 g/mol. The highest BCUT2D eigenvalue weighted by Crippen LogP contribution is 2.29. The summed E-state index contributed by atoms with van der Waals surface area (Å²) < 4.78 is 2.04. The van der Waals surface area contributed by atoms with Gasteiger partial charge in [-0.1, -0.05) is 0 Å². The first kappa shape index (κ1) is 14.1. The average molecular weight is 314 g/mol. The number of fused-ring (bicyclic) bond motifs is 1. The Labute approximate surface area is 132 Å². The Hall–Kier alpha value is -2.48. The Morgan fingerprint density at radius 3 is 2.83 bits per heavy atom. The van der Waals surface area contributed by atoms with E-state index in [4.69, 9.17) is 0 Å². The van der Waals surface area contributed by atoms with Crippen molar-refractivity contribution in [2.45, 2.75) is 25.3 Å². The van der Waals surface area contributed by atoms with Crippen LogP contribution in [0.2, 0.25) is 0 Å². The molecule has 3 amide bonds. The predicted molar refractivity (Wildman–Crippen MR) is 84.2 cm³/mol. The first-order valence-corrected chi connectivity index (χ1v) is 7.88. The summed E-state index contributed by atoms with van der Waals surface area (Å²) >= 11 is 0. The van der Waals surface area contributed by atoms with Crippen LogP contribution in [0, 0.1) is 0 Å². The van der Waals surface area contributed by atoms with Gasteiger partial charge >= 0.3 is 6.03 Å². The topological polar surface area (TPSA) is 92.2 Å². The maximum atomic E-state index is 12.1. The molecule has 0 bridgehead atoms. The van der Waals surface area contributed by atoms with Crippen molar-refractivity contribution in [2.75, 3.05) is 24.5 Å². The number of hydrogen-bond donors (Lipinski definition) is 2. The summed E-state index contributed by atoms with van der Waals surface area (Å²) in [5.41, 5.74) is 0.978. The van der Waals surface area contributed by atoms with E-state index in [-0.39, 0.29) is 12.3 Å². The van der Waals surface area contributed by atoms with Gasteiger partial charge in [0.2, 0.25) is 5.91 Å². The molecule has 4 heterocycles. The van der Waals surface area contributed by atoms with Crippen molar-refractivity contribution in [1.82, 2.24) is 25.4 Å². The van der Waals surface area contributed by atoms with Gasteiger partial charge in [0.15, 0.2) is 0 Å². The molecule has 2 N–H and O–H groups in total. The minimum atomic E-state index is -0.420. The lowest BCUT2D eigenvalue weighted by Gasteiger charge is -2.26. The van der Waals surface area contributed by atoms with Crippen molar-refractivity contribution in [1.29, 1.82) is 0 Å². The van der Waals surface area contributed by atoms with Gasteiger partial charge in [-0.3, -0.25) is 19.7 Å². The maximum Gasteiger partial charge on any atom is 0.329 e. The number of nitrogens with one attached hydrogen (secondary N) is 2. The fourth-order valence-corrected chi connectivity index (χ4v) is 3.28. The largest absolute Gasteiger partial charge is 0.329 e. The van der Waals surface area contributed by atoms with E-state index in [1.807, 2.05) is 10.7 Å². The van der Waals surface area contributed by atoms with E-state index >= 15 is 0 Å². The van der Waals surface area contributed by atoms with Crippen LogP contribution >= 0.6 is 0 Å². The number of rotatable bonds is 2. The van der Waals surface area contributed by atoms with Crippen LogP contribution in [0.1, 0.15) is 25.3 Å². The van der Waals surface area contributed by atoms with Crippen LogP contribution in [0.25, 0.3) is 10.9 Å². The molecule has 2 aromatic rings. The van der Waals surface area contributed by atoms with Gasteiger partial charge in [-0.25, -0.2) is 9.78 Å². The predicted octanol–water partition coefficient (Wildman–Crippen LogP) is 0.802. The summed E-state index contributed by atoms with van der Waals surface area (Å²) in [5, 5.41) is 11.1. The zero-order valence-electron chi connectivity index (χ0n) is 12.7. The minimum absolute atomic E-state index is 0.246. The molecule has 2 saturated heterocycles. The summed E-state index contributed by atoms with van der Waals surface area (Å²) in [6.45, 7) is 2.32. The third-order valence-electron chi connectivity index (χ3n) is 4.47. The lowest BCUT2D eigenvalue weighted by atomic mass is 10.1. The second-order valence-corrected chi connectivity index (χ2v) is 5.89. The minimum Gasteiger partial charge on any atom is -0.317 e. The van der Waals surface area contributed by atoms with Crippen molar-refractivity contribution in [3.8, 4) is 0 Å². The van der Waals surface area contributed by atoms with Crippen molar-refractivity contribution in [2.24, 2.45) is 0 Å². The molecule has 8 heteroatoms. The van der Waals surface area contributed by atoms with Gasteiger partial charge in [-0.15, -0.1) is 0 Å². The molecule has 0 aliphatic carbocycles. The van der Waals surface area contributed by atoms with E-state index in [2.05, 4.69) is 20.7 Å². The number of nitrogens with zero attached hydrogens (tertiary/aromatic N) is 4. The molecule has 2 aliphatic heterocycles. The molecule has 23 heavy (non-hydrogen) atoms. The summed E-state index contributed by atoms with van der Waals surface area (Å²) in [7, 11) is 0. The number of aromatic nitrogens is 3. The molecule has 2 aromatic heterocycles. The summed E-state index contributed by atoms with van der Waals surface area (Å²) in [4.78, 5) is 29.3. The number of anilines is 1. The van der Waals surface area contributed by atoms with E-state index in [0.29, 0.717) is 18.4 Å². The molecule has 0 aromatic carbocycles. The van der Waals surface area contributed by atoms with Crippen LogP contribution in [0.3, 0.4) is 0 Å². The third-order valence-corrected chi connectivity index (χ3v) is 4.47. The fourth-order valence-electron chi connectivity index (χ4n) is 3.28. The lowest BCUT2D eigenvalue weighted by Crippen LogP contribution is -2.49. The molecule has 120 valence electrons. The van der Waals surface area contributed by atoms with Gasteiger partial charge in [-0.2, -0.15) is 5.10 Å². The fraction of sp³-hybridized carbons (Fsp3) is 0.467. The molecular formula is C15H18N6O2.